The number of fused-ring (bicyclic) bond motifs is 4. The second-order valence-corrected chi connectivity index (χ2v) is 18.6. The van der Waals surface area contributed by atoms with E-state index in [2.05, 4.69) is 16.9 Å². The number of benzene rings is 2. The summed E-state index contributed by atoms with van der Waals surface area (Å²) in [6, 6.07) is 2.63. The van der Waals surface area contributed by atoms with Crippen molar-refractivity contribution in [3.63, 3.8) is 0 Å². The number of allylic oxidation sites excluding steroid dienone is 1. The molecule has 2 aromatic rings. The topological polar surface area (TPSA) is 216 Å². The Hall–Kier alpha value is -3.60. The van der Waals surface area contributed by atoms with Gasteiger partial charge in [-0.2, -0.15) is 0 Å². The van der Waals surface area contributed by atoms with E-state index in [1.54, 1.807) is 0 Å². The number of hydrazine groups is 1. The average Bonchev–Trinajstić information content (AvgIpc) is 3.72. The van der Waals surface area contributed by atoms with Crippen molar-refractivity contribution in [3.05, 3.63) is 51.6 Å². The lowest BCUT2D eigenvalue weighted by atomic mass is 9.43. The average molecular weight is 787 g/mol. The van der Waals surface area contributed by atoms with E-state index in [4.69, 9.17) is 18.9 Å². The van der Waals surface area contributed by atoms with Gasteiger partial charge >= 0.3 is 5.97 Å². The number of carbonyl (C=O) groups excluding carboxylic acids is 1. The van der Waals surface area contributed by atoms with Gasteiger partial charge in [0.05, 0.1) is 35.3 Å². The number of ether oxygens (including phenoxy) is 4. The number of carbonyl (C=O) groups is 2. The molecule has 0 aromatic heterocycles. The first-order chi connectivity index (χ1) is 27.3. The Morgan fingerprint density at radius 3 is 2.65 bits per heavy atom. The van der Waals surface area contributed by atoms with Gasteiger partial charge in [0.1, 0.15) is 41.2 Å². The number of rotatable bonds is 4. The van der Waals surface area contributed by atoms with E-state index in [0.717, 1.165) is 49.8 Å². The molecule has 7 fully saturated rings. The van der Waals surface area contributed by atoms with Gasteiger partial charge in [0.15, 0.2) is 5.78 Å². The van der Waals surface area contributed by atoms with Crippen molar-refractivity contribution in [1.29, 1.82) is 0 Å². The molecule has 5 heterocycles. The molecule has 9 aliphatic rings. The van der Waals surface area contributed by atoms with Crippen LogP contribution in [0.2, 0.25) is 0 Å². The van der Waals surface area contributed by atoms with Crippen LogP contribution in [0.5, 0.6) is 17.2 Å². The van der Waals surface area contributed by atoms with E-state index in [-0.39, 0.29) is 69.2 Å². The summed E-state index contributed by atoms with van der Waals surface area (Å²) in [7, 11) is 0. The van der Waals surface area contributed by atoms with Crippen LogP contribution in [0.4, 0.5) is 0 Å². The van der Waals surface area contributed by atoms with Gasteiger partial charge in [-0.15, -0.1) is 0 Å². The lowest BCUT2D eigenvalue weighted by molar-refractivity contribution is -0.337. The zero-order valence-corrected chi connectivity index (χ0v) is 32.0. The van der Waals surface area contributed by atoms with Crippen LogP contribution in [0, 0.1) is 36.0 Å². The van der Waals surface area contributed by atoms with Crippen LogP contribution in [-0.2, 0) is 14.2 Å². The van der Waals surface area contributed by atoms with E-state index in [0.29, 0.717) is 38.0 Å². The van der Waals surface area contributed by atoms with Gasteiger partial charge in [-0.1, -0.05) is 12.5 Å². The molecule has 3 saturated carbocycles. The van der Waals surface area contributed by atoms with Crippen LogP contribution in [-0.4, -0.2) is 110 Å². The third kappa shape index (κ3) is 4.69. The smallest absolute Gasteiger partial charge is 0.335 e. The summed E-state index contributed by atoms with van der Waals surface area (Å²) >= 11 is 0. The number of ketones is 1. The molecule has 4 aliphatic carbocycles. The van der Waals surface area contributed by atoms with Gasteiger partial charge in [-0.3, -0.25) is 15.6 Å². The highest BCUT2D eigenvalue weighted by Crippen LogP contribution is 2.69. The molecule has 2 aromatic carbocycles. The molecule has 14 nitrogen and oxygen atoms in total. The largest absolute Gasteiger partial charge is 0.507 e. The summed E-state index contributed by atoms with van der Waals surface area (Å²) in [5, 5.41) is 69.2. The molecular weight excluding hydrogens is 736 g/mol. The second kappa shape index (κ2) is 12.2. The number of aliphatic hydroxyl groups is 3. The number of Topliss-reactive ketones (excluding diaryl/α,β-unsaturated/α-hetero) is 1. The van der Waals surface area contributed by atoms with E-state index in [1.165, 1.54) is 25.0 Å². The van der Waals surface area contributed by atoms with Gasteiger partial charge in [-0.05, 0) is 111 Å². The quantitative estimate of drug-likeness (QED) is 0.165. The number of carboxylic acids is 1. The Labute approximate surface area is 328 Å². The minimum atomic E-state index is -1.77. The molecule has 57 heavy (non-hydrogen) atoms. The van der Waals surface area contributed by atoms with Crippen LogP contribution < -0.4 is 15.6 Å². The first kappa shape index (κ1) is 36.5. The summed E-state index contributed by atoms with van der Waals surface area (Å²) in [4.78, 5) is 25.0. The van der Waals surface area contributed by atoms with Gasteiger partial charge in [0, 0.05) is 41.0 Å². The number of phenolic OH excluding ortho intramolecular Hbond substituents is 2. The fourth-order valence-corrected chi connectivity index (χ4v) is 14.0. The Morgan fingerprint density at radius 1 is 1.04 bits per heavy atom. The molecule has 0 radical (unpaired) electrons. The molecule has 5 aliphatic heterocycles. The van der Waals surface area contributed by atoms with Crippen LogP contribution in [0.1, 0.15) is 91.0 Å². The monoisotopic (exact) mass is 786 g/mol. The normalized spacial score (nSPS) is 43.9. The predicted octanol–water partition coefficient (Wildman–Crippen LogP) is 3.28. The Morgan fingerprint density at radius 2 is 1.86 bits per heavy atom. The SMILES string of the molecule is CC(=O)c1c(C)c(O)c2cc(C(=O)O)cc(O[C@H]3O[C@@H]4[C@@H](O)CC[C@H]5O[C@@]4(C[C@H]4C6=C5CC=C6[C@@H]5COC[C@@H]6C[C@]78CCC[C@H]7NN[C@]4(C8)[C@@H]65)[C@H](O)[C@H]3O)c2c1O. The molecule has 14 heteroatoms. The number of aromatic carboxylic acids is 1. The number of carboxylic acid groups (broad SMARTS) is 1. The lowest BCUT2D eigenvalue weighted by Gasteiger charge is -2.68. The first-order valence-corrected chi connectivity index (χ1v) is 20.6. The van der Waals surface area contributed by atoms with E-state index < -0.39 is 71.2 Å². The third-order valence-electron chi connectivity index (χ3n) is 16.0. The van der Waals surface area contributed by atoms with Crippen molar-refractivity contribution in [1.82, 2.24) is 10.9 Å². The number of hydrogen-bond acceptors (Lipinski definition) is 13. The molecular formula is C43H50N2O12. The minimum absolute atomic E-state index is 0.0584. The van der Waals surface area contributed by atoms with Crippen LogP contribution in [0.25, 0.3) is 10.8 Å². The van der Waals surface area contributed by atoms with Crippen molar-refractivity contribution in [2.24, 2.45) is 29.1 Å². The Balaban J connectivity index is 1.02. The van der Waals surface area contributed by atoms with Crippen molar-refractivity contribution in [2.45, 2.75) is 126 Å². The Bertz CT molecular complexity index is 2200. The van der Waals surface area contributed by atoms with Crippen molar-refractivity contribution >= 4 is 22.5 Å². The number of aliphatic hydroxyl groups excluding tert-OH is 3. The van der Waals surface area contributed by atoms with E-state index >= 15 is 0 Å². The summed E-state index contributed by atoms with van der Waals surface area (Å²) in [6.07, 6.45) is 1.67. The summed E-state index contributed by atoms with van der Waals surface area (Å²) in [6.45, 7) is 4.02. The van der Waals surface area contributed by atoms with Gasteiger partial charge in [-0.25, -0.2) is 4.79 Å². The van der Waals surface area contributed by atoms with Crippen molar-refractivity contribution in [3.8, 4) is 17.2 Å². The molecule has 0 unspecified atom stereocenters. The van der Waals surface area contributed by atoms with Gasteiger partial charge in [0.25, 0.3) is 0 Å². The lowest BCUT2D eigenvalue weighted by Crippen LogP contribution is -2.79. The highest BCUT2D eigenvalue weighted by Gasteiger charge is 2.72. The standard InChI is InChI=1S/C43H50N2O12/c1-17-30(18(2)46)35(49)32-23(34(17)48)10-19(39(52)53)11-28(32)55-40-36(50)37(51)43-13-25-31-21(5-6-22(31)27(57-43)8-7-26(47)38(43)56-40)24-15-54-14-20-12-41-9-3-4-29(41)44-45-42(25,16-41)33(20)24/h5,10-11,20,24-27,29,33,36-38,40,44-45,47-51H,3-4,6-9,12-16H2,1-2H3,(H,52,53)/t20-,24-,25-,26-,27+,29+,33-,36+,37+,38+,40-,41-,42-,43-/m0/s1. The highest BCUT2D eigenvalue weighted by molar-refractivity contribution is 6.11. The predicted molar refractivity (Wildman–Crippen MR) is 201 cm³/mol. The highest BCUT2D eigenvalue weighted by atomic mass is 16.7. The second-order valence-electron chi connectivity index (χ2n) is 18.6. The number of aromatic hydroxyl groups is 2. The summed E-state index contributed by atoms with van der Waals surface area (Å²) in [5.41, 5.74) is 9.22. The maximum atomic E-state index is 12.7. The van der Waals surface area contributed by atoms with Gasteiger partial charge in [0.2, 0.25) is 6.29 Å². The van der Waals surface area contributed by atoms with Crippen molar-refractivity contribution < 1.29 is 59.2 Å². The summed E-state index contributed by atoms with van der Waals surface area (Å²) < 4.78 is 26.4. The fourth-order valence-electron chi connectivity index (χ4n) is 14.0. The summed E-state index contributed by atoms with van der Waals surface area (Å²) in [5.74, 6) is -2.50. The zero-order valence-electron chi connectivity index (χ0n) is 32.0. The molecule has 4 saturated heterocycles. The first-order valence-electron chi connectivity index (χ1n) is 20.6. The van der Waals surface area contributed by atoms with Crippen LogP contribution in [0.15, 0.2) is 34.9 Å². The number of nitrogens with one attached hydrogen (secondary N) is 2. The maximum Gasteiger partial charge on any atom is 0.335 e. The third-order valence-corrected chi connectivity index (χ3v) is 16.0. The van der Waals surface area contributed by atoms with Crippen LogP contribution >= 0.6 is 0 Å². The minimum Gasteiger partial charge on any atom is -0.507 e. The van der Waals surface area contributed by atoms with E-state index in [1.807, 2.05) is 0 Å². The van der Waals surface area contributed by atoms with Crippen LogP contribution in [0.3, 0.4) is 0 Å². The molecule has 0 amide bonds. The van der Waals surface area contributed by atoms with Gasteiger partial charge < -0.3 is 49.6 Å². The number of phenols is 2. The van der Waals surface area contributed by atoms with Crippen molar-refractivity contribution in [2.75, 3.05) is 13.2 Å². The molecule has 8 N–H and O–H groups in total. The fraction of sp³-hybridized carbons (Fsp3) is 0.628. The molecule has 304 valence electrons. The molecule has 14 atom stereocenters. The van der Waals surface area contributed by atoms with E-state index in [9.17, 15) is 40.2 Å². The maximum absolute atomic E-state index is 12.7. The molecule has 3 spiro atoms. The molecule has 4 bridgehead atoms. The number of hydrogen-bond donors (Lipinski definition) is 8. The Kier molecular flexibility index (Phi) is 7.83. The zero-order chi connectivity index (χ0) is 39.5. The molecule has 11 rings (SSSR count).